The first-order valence-electron chi connectivity index (χ1n) is 24.9. The van der Waals surface area contributed by atoms with Crippen LogP contribution >= 0.6 is 0 Å². The molecular formula is C43H95N4O18S3Si+. The predicted octanol–water partition coefficient (Wildman–Crippen LogP) is 1.09. The van der Waals surface area contributed by atoms with Crippen LogP contribution < -0.4 is 16.0 Å². The van der Waals surface area contributed by atoms with Gasteiger partial charge in [0.25, 0.3) is 30.4 Å². The van der Waals surface area contributed by atoms with Gasteiger partial charge in [-0.15, -0.1) is 0 Å². The van der Waals surface area contributed by atoms with E-state index < -0.39 is 146 Å². The molecule has 0 aliphatic rings. The summed E-state index contributed by atoms with van der Waals surface area (Å²) in [7, 11) is -15.5. The van der Waals surface area contributed by atoms with Gasteiger partial charge in [-0.1, -0.05) is 90.9 Å². The third-order valence-corrected chi connectivity index (χ3v) is 17.6. The number of hydrogen-bond acceptors (Lipinski definition) is 18. The normalized spacial score (nSPS) is 13.7. The smallest absolute Gasteiger partial charge is 0.394 e. The highest BCUT2D eigenvalue weighted by Gasteiger charge is 2.48. The Morgan fingerprint density at radius 3 is 1.01 bits per heavy atom. The summed E-state index contributed by atoms with van der Waals surface area (Å²) in [4.78, 5) is 0. The van der Waals surface area contributed by atoms with Crippen molar-refractivity contribution in [3.05, 3.63) is 0 Å². The van der Waals surface area contributed by atoms with Crippen molar-refractivity contribution < 1.29 is 87.3 Å². The first-order valence-corrected chi connectivity index (χ1v) is 31.7. The topological polar surface area (TPSA) is 348 Å². The standard InChI is InChI=1S/C43H94N4O18S3Si/c1-4-6-8-10-12-14-16-18-25-47(3,26-19-17-15-13-11-9-7-5-2)27-21-31-69(64-39-42(34-50,35-51)45-23-29-67(57,58)59,65-40-43(36-52,37-53)46-24-30-68(60,61)62)63-38-41(32-48,33-49)44-22-20-28-66(54,55)56/h44-46,48-53H,4-40H2,1-3H3,(H2-,54,55,56,57,58,59,60,61,62)/p+1. The Hall–Kier alpha value is -0.573. The SMILES string of the molecule is CCCCCCCCCC[N+](C)(CCCCCCCCCC)CCC[Si](OCC(CO)(CO)NCCCS(=O)(=O)O)(OCC(CO)(CO)NCCS(=O)(=O)O)OCC(CO)(CO)NCCS(=O)(=O)O. The molecule has 416 valence electrons. The fourth-order valence-corrected chi connectivity index (χ4v) is 11.8. The molecule has 0 aliphatic heterocycles. The minimum atomic E-state index is -4.48. The molecule has 0 amide bonds. The van der Waals surface area contributed by atoms with Crippen LogP contribution in [0.15, 0.2) is 0 Å². The van der Waals surface area contributed by atoms with Gasteiger partial charge in [-0.2, -0.15) is 25.3 Å². The lowest BCUT2D eigenvalue weighted by Gasteiger charge is -2.41. The van der Waals surface area contributed by atoms with E-state index in [0.29, 0.717) is 17.4 Å². The third-order valence-electron chi connectivity index (χ3n) is 12.6. The summed E-state index contributed by atoms with van der Waals surface area (Å²) < 4.78 is 118. The second-order valence-corrected chi connectivity index (χ2v) is 26.6. The maximum absolute atomic E-state index is 11.6. The molecule has 0 spiro atoms. The molecule has 0 aromatic carbocycles. The summed E-state index contributed by atoms with van der Waals surface area (Å²) in [5, 5.41) is 71.9. The Morgan fingerprint density at radius 1 is 0.420 bits per heavy atom. The van der Waals surface area contributed by atoms with E-state index in [1.165, 1.54) is 64.2 Å². The van der Waals surface area contributed by atoms with Gasteiger partial charge in [0, 0.05) is 25.6 Å². The van der Waals surface area contributed by atoms with Crippen molar-refractivity contribution in [2.24, 2.45) is 0 Å². The van der Waals surface area contributed by atoms with E-state index in [-0.39, 0.29) is 19.0 Å². The molecule has 0 atom stereocenters. The van der Waals surface area contributed by atoms with Crippen LogP contribution in [0.3, 0.4) is 0 Å². The molecule has 0 rings (SSSR count). The molecule has 12 N–H and O–H groups in total. The number of unbranched alkanes of at least 4 members (excludes halogenated alkanes) is 14. The van der Waals surface area contributed by atoms with E-state index in [2.05, 4.69) is 36.8 Å². The lowest BCUT2D eigenvalue weighted by atomic mass is 10.0. The summed E-state index contributed by atoms with van der Waals surface area (Å²) in [6, 6.07) is -0.0126. The van der Waals surface area contributed by atoms with Gasteiger partial charge in [0.05, 0.1) is 120 Å². The van der Waals surface area contributed by atoms with Gasteiger partial charge < -0.3 is 64.4 Å². The van der Waals surface area contributed by atoms with Crippen LogP contribution in [-0.2, 0) is 43.6 Å². The molecule has 26 heteroatoms. The Labute approximate surface area is 415 Å². The van der Waals surface area contributed by atoms with E-state index in [1.54, 1.807) is 0 Å². The molecule has 0 saturated heterocycles. The first kappa shape index (κ1) is 68.4. The molecular weight excluding hydrogens is 985 g/mol. The largest absolute Gasteiger partial charge is 0.501 e. The van der Waals surface area contributed by atoms with Crippen molar-refractivity contribution in [1.82, 2.24) is 16.0 Å². The number of nitrogens with zero attached hydrogens (tertiary/aromatic N) is 1. The fourth-order valence-electron chi connectivity index (χ4n) is 7.76. The van der Waals surface area contributed by atoms with Crippen LogP contribution in [0.4, 0.5) is 0 Å². The molecule has 0 heterocycles. The molecule has 0 aromatic rings. The summed E-state index contributed by atoms with van der Waals surface area (Å²) in [6.45, 7) is -0.924. The van der Waals surface area contributed by atoms with E-state index in [1.807, 2.05) is 0 Å². The number of aliphatic hydroxyl groups excluding tert-OH is 6. The molecule has 0 radical (unpaired) electrons. The quantitative estimate of drug-likeness (QED) is 0.0176. The van der Waals surface area contributed by atoms with E-state index in [0.717, 1.165) is 51.6 Å². The number of rotatable bonds is 50. The summed E-state index contributed by atoms with van der Waals surface area (Å²) in [5.74, 6) is -2.21. The van der Waals surface area contributed by atoms with Gasteiger partial charge in [-0.25, -0.2) is 0 Å². The summed E-state index contributed by atoms with van der Waals surface area (Å²) >= 11 is 0. The summed E-state index contributed by atoms with van der Waals surface area (Å²) in [5.41, 5.74) is -5.23. The molecule has 0 bridgehead atoms. The Kier molecular flexibility index (Phi) is 36.1. The molecule has 0 saturated carbocycles. The second kappa shape index (κ2) is 36.4. The zero-order valence-electron chi connectivity index (χ0n) is 42.0. The van der Waals surface area contributed by atoms with Crippen LogP contribution in [0.25, 0.3) is 0 Å². The monoisotopic (exact) mass is 1080 g/mol. The van der Waals surface area contributed by atoms with Gasteiger partial charge in [-0.05, 0) is 38.6 Å². The highest BCUT2D eigenvalue weighted by atomic mass is 32.2. The van der Waals surface area contributed by atoms with Gasteiger partial charge in [0.15, 0.2) is 0 Å². The molecule has 0 aromatic heterocycles. The van der Waals surface area contributed by atoms with Crippen LogP contribution in [0.2, 0.25) is 6.04 Å². The Morgan fingerprint density at radius 2 is 0.710 bits per heavy atom. The molecule has 0 aliphatic carbocycles. The average molecular weight is 1080 g/mol. The van der Waals surface area contributed by atoms with Crippen molar-refractivity contribution >= 4 is 39.2 Å². The van der Waals surface area contributed by atoms with Crippen LogP contribution in [0, 0.1) is 0 Å². The number of nitrogens with one attached hydrogen (secondary N) is 3. The van der Waals surface area contributed by atoms with Crippen molar-refractivity contribution in [3.63, 3.8) is 0 Å². The third kappa shape index (κ3) is 33.1. The minimum Gasteiger partial charge on any atom is -0.394 e. The number of hydrogen-bond donors (Lipinski definition) is 12. The average Bonchev–Trinajstić information content (AvgIpc) is 3.29. The zero-order valence-corrected chi connectivity index (χ0v) is 45.5. The Balaban J connectivity index is 7.21. The van der Waals surface area contributed by atoms with Crippen molar-refractivity contribution in [2.75, 3.05) is 123 Å². The van der Waals surface area contributed by atoms with Crippen molar-refractivity contribution in [1.29, 1.82) is 0 Å². The highest BCUT2D eigenvalue weighted by Crippen LogP contribution is 2.26. The maximum Gasteiger partial charge on any atom is 0.501 e. The maximum atomic E-state index is 11.6. The van der Waals surface area contributed by atoms with Crippen molar-refractivity contribution in [3.8, 4) is 0 Å². The minimum absolute atomic E-state index is 0.0126. The summed E-state index contributed by atoms with van der Waals surface area (Å²) in [6.07, 6.45) is 18.6. The van der Waals surface area contributed by atoms with Gasteiger partial charge >= 0.3 is 8.80 Å². The highest BCUT2D eigenvalue weighted by molar-refractivity contribution is 7.86. The van der Waals surface area contributed by atoms with Crippen LogP contribution in [0.5, 0.6) is 0 Å². The molecule has 69 heavy (non-hydrogen) atoms. The predicted molar refractivity (Wildman–Crippen MR) is 268 cm³/mol. The fraction of sp³-hybridized carbons (Fsp3) is 1.00. The molecule has 22 nitrogen and oxygen atoms in total. The Bertz CT molecular complexity index is 1550. The van der Waals surface area contributed by atoms with Gasteiger partial charge in [-0.3, -0.25) is 13.7 Å². The van der Waals surface area contributed by atoms with E-state index in [9.17, 15) is 69.6 Å². The van der Waals surface area contributed by atoms with Gasteiger partial charge in [0.2, 0.25) is 0 Å². The first-order chi connectivity index (χ1) is 32.4. The number of aliphatic hydroxyl groups is 6. The molecule has 0 fully saturated rings. The van der Waals surface area contributed by atoms with Crippen molar-refractivity contribution in [2.45, 2.75) is 152 Å². The van der Waals surface area contributed by atoms with E-state index in [4.69, 9.17) is 13.3 Å². The van der Waals surface area contributed by atoms with E-state index >= 15 is 0 Å². The zero-order chi connectivity index (χ0) is 52.4. The molecule has 0 unspecified atom stereocenters. The van der Waals surface area contributed by atoms with Crippen LogP contribution in [0.1, 0.15) is 129 Å². The second-order valence-electron chi connectivity index (χ2n) is 19.2. The lowest BCUT2D eigenvalue weighted by Crippen LogP contribution is -2.64. The number of quaternary nitrogens is 1. The van der Waals surface area contributed by atoms with Gasteiger partial charge in [0.1, 0.15) is 0 Å². The van der Waals surface area contributed by atoms with Crippen LogP contribution in [-0.4, -0.2) is 222 Å². The lowest BCUT2D eigenvalue weighted by molar-refractivity contribution is -0.910.